The van der Waals surface area contributed by atoms with E-state index < -0.39 is 5.97 Å². The first-order valence-electron chi connectivity index (χ1n) is 4.51. The fourth-order valence-corrected chi connectivity index (χ4v) is 1.55. The highest BCUT2D eigenvalue weighted by molar-refractivity contribution is 5.69. The van der Waals surface area contributed by atoms with Gasteiger partial charge in [0.05, 0.1) is 12.1 Å². The van der Waals surface area contributed by atoms with E-state index in [2.05, 4.69) is 10.2 Å². The van der Waals surface area contributed by atoms with Gasteiger partial charge in [-0.2, -0.15) is 5.10 Å². The first kappa shape index (κ1) is 8.29. The van der Waals surface area contributed by atoms with Gasteiger partial charge in [0.25, 0.3) is 0 Å². The molecule has 4 nitrogen and oxygen atoms in total. The minimum Gasteiger partial charge on any atom is -0.481 e. The number of carbonyl (C=O) groups is 1. The summed E-state index contributed by atoms with van der Waals surface area (Å²) in [7, 11) is 0. The molecule has 0 saturated heterocycles. The van der Waals surface area contributed by atoms with Crippen molar-refractivity contribution in [3.8, 4) is 0 Å². The number of nitrogens with zero attached hydrogens (tertiary/aromatic N) is 1. The lowest BCUT2D eigenvalue weighted by Crippen LogP contribution is -2.08. The fourth-order valence-electron chi connectivity index (χ4n) is 1.55. The molecule has 1 aromatic heterocycles. The Morgan fingerprint density at radius 1 is 1.69 bits per heavy atom. The van der Waals surface area contributed by atoms with Crippen LogP contribution < -0.4 is 0 Å². The van der Waals surface area contributed by atoms with E-state index in [0.717, 1.165) is 5.69 Å². The third kappa shape index (κ3) is 1.71. The molecule has 0 radical (unpaired) electrons. The minimum atomic E-state index is -0.816. The van der Waals surface area contributed by atoms with Gasteiger partial charge in [-0.05, 0) is 18.9 Å². The molecule has 2 N–H and O–H groups in total. The maximum absolute atomic E-state index is 10.4. The first-order valence-corrected chi connectivity index (χ1v) is 4.51. The molecular formula is C9H12N2O2. The lowest BCUT2D eigenvalue weighted by Gasteiger charge is -2.22. The molecular weight excluding hydrogens is 168 g/mol. The van der Waals surface area contributed by atoms with Gasteiger partial charge < -0.3 is 5.11 Å². The molecule has 1 fully saturated rings. The fraction of sp³-hybridized carbons (Fsp3) is 0.556. The number of aromatic nitrogens is 2. The van der Waals surface area contributed by atoms with E-state index in [4.69, 9.17) is 5.11 Å². The van der Waals surface area contributed by atoms with E-state index in [-0.39, 0.29) is 6.42 Å². The zero-order chi connectivity index (χ0) is 9.26. The quantitative estimate of drug-likeness (QED) is 0.736. The Labute approximate surface area is 76.0 Å². The van der Waals surface area contributed by atoms with Gasteiger partial charge in [0.15, 0.2) is 0 Å². The number of aromatic amines is 1. The molecule has 0 aromatic carbocycles. The summed E-state index contributed by atoms with van der Waals surface area (Å²) in [6.45, 7) is 0. The van der Waals surface area contributed by atoms with Crippen LogP contribution in [0.1, 0.15) is 36.6 Å². The second-order valence-corrected chi connectivity index (χ2v) is 3.52. The molecule has 1 aliphatic rings. The van der Waals surface area contributed by atoms with Crippen LogP contribution in [0.2, 0.25) is 0 Å². The smallest absolute Gasteiger partial charge is 0.309 e. The largest absolute Gasteiger partial charge is 0.481 e. The molecule has 2 rings (SSSR count). The Balaban J connectivity index is 2.04. The molecule has 13 heavy (non-hydrogen) atoms. The summed E-state index contributed by atoms with van der Waals surface area (Å²) in [5.41, 5.74) is 1.73. The van der Waals surface area contributed by atoms with Gasteiger partial charge in [-0.15, -0.1) is 0 Å². The number of H-pyrrole nitrogens is 1. The van der Waals surface area contributed by atoms with E-state index in [1.54, 1.807) is 0 Å². The topological polar surface area (TPSA) is 66.0 Å². The molecule has 70 valence electrons. The predicted molar refractivity (Wildman–Crippen MR) is 46.5 cm³/mol. The summed E-state index contributed by atoms with van der Waals surface area (Å²) < 4.78 is 0. The Morgan fingerprint density at radius 3 is 3.00 bits per heavy atom. The summed E-state index contributed by atoms with van der Waals surface area (Å²) in [6, 6.07) is 1.87. The van der Waals surface area contributed by atoms with Crippen molar-refractivity contribution in [2.45, 2.75) is 31.6 Å². The van der Waals surface area contributed by atoms with Crippen molar-refractivity contribution in [2.24, 2.45) is 0 Å². The molecule has 0 spiro atoms. The van der Waals surface area contributed by atoms with Crippen molar-refractivity contribution in [1.82, 2.24) is 10.2 Å². The summed E-state index contributed by atoms with van der Waals surface area (Å²) in [5.74, 6) is -0.248. The van der Waals surface area contributed by atoms with Gasteiger partial charge in [0.1, 0.15) is 0 Å². The van der Waals surface area contributed by atoms with Crippen LogP contribution in [-0.4, -0.2) is 21.3 Å². The number of hydrogen-bond acceptors (Lipinski definition) is 2. The van der Waals surface area contributed by atoms with Crippen LogP contribution in [0.5, 0.6) is 0 Å². The molecule has 0 bridgehead atoms. The number of aliphatic carboxylic acids is 1. The van der Waals surface area contributed by atoms with E-state index in [9.17, 15) is 4.79 Å². The van der Waals surface area contributed by atoms with Gasteiger partial charge in [-0.1, -0.05) is 6.42 Å². The summed E-state index contributed by atoms with van der Waals surface area (Å²) >= 11 is 0. The summed E-state index contributed by atoms with van der Waals surface area (Å²) in [4.78, 5) is 10.4. The summed E-state index contributed by atoms with van der Waals surface area (Å²) in [5, 5.41) is 15.4. The van der Waals surface area contributed by atoms with E-state index in [1.807, 2.05) is 6.07 Å². The third-order valence-electron chi connectivity index (χ3n) is 2.52. The molecule has 4 heteroatoms. The monoisotopic (exact) mass is 180 g/mol. The van der Waals surface area contributed by atoms with Crippen molar-refractivity contribution in [1.29, 1.82) is 0 Å². The number of rotatable bonds is 3. The van der Waals surface area contributed by atoms with Crippen LogP contribution in [0, 0.1) is 0 Å². The van der Waals surface area contributed by atoms with Crippen molar-refractivity contribution < 1.29 is 9.90 Å². The summed E-state index contributed by atoms with van der Waals surface area (Å²) in [6.07, 6.45) is 3.69. The highest BCUT2D eigenvalue weighted by atomic mass is 16.4. The van der Waals surface area contributed by atoms with E-state index in [1.165, 1.54) is 19.3 Å². The molecule has 1 saturated carbocycles. The highest BCUT2D eigenvalue weighted by Gasteiger charge is 2.22. The molecule has 0 amide bonds. The predicted octanol–water partition coefficient (Wildman–Crippen LogP) is 1.30. The molecule has 0 unspecified atom stereocenters. The van der Waals surface area contributed by atoms with Crippen LogP contribution in [0.15, 0.2) is 6.07 Å². The maximum Gasteiger partial charge on any atom is 0.309 e. The van der Waals surface area contributed by atoms with E-state index in [0.29, 0.717) is 11.6 Å². The van der Waals surface area contributed by atoms with Crippen molar-refractivity contribution in [2.75, 3.05) is 0 Å². The average Bonchev–Trinajstić information content (AvgIpc) is 2.31. The zero-order valence-electron chi connectivity index (χ0n) is 7.29. The molecule has 1 aliphatic carbocycles. The molecule has 1 aromatic rings. The third-order valence-corrected chi connectivity index (χ3v) is 2.52. The average molecular weight is 180 g/mol. The van der Waals surface area contributed by atoms with E-state index >= 15 is 0 Å². The van der Waals surface area contributed by atoms with Gasteiger partial charge in [0.2, 0.25) is 0 Å². The van der Waals surface area contributed by atoms with Gasteiger partial charge in [-0.25, -0.2) is 0 Å². The number of hydrogen-bond donors (Lipinski definition) is 2. The highest BCUT2D eigenvalue weighted by Crippen LogP contribution is 2.35. The maximum atomic E-state index is 10.4. The van der Waals surface area contributed by atoms with Crippen LogP contribution in [0.3, 0.4) is 0 Å². The minimum absolute atomic E-state index is 0.0414. The Bertz CT molecular complexity index is 315. The molecule has 0 aliphatic heterocycles. The second kappa shape index (κ2) is 3.20. The van der Waals surface area contributed by atoms with Crippen LogP contribution in [0.4, 0.5) is 0 Å². The van der Waals surface area contributed by atoms with Gasteiger partial charge >= 0.3 is 5.97 Å². The Morgan fingerprint density at radius 2 is 2.46 bits per heavy atom. The zero-order valence-corrected chi connectivity index (χ0v) is 7.29. The number of carboxylic acid groups (broad SMARTS) is 1. The Kier molecular flexibility index (Phi) is 2.04. The standard InChI is InChI=1S/C9H12N2O2/c12-9(13)5-7-4-8(11-10-7)6-2-1-3-6/h4,6H,1-3,5H2,(H,10,11)(H,12,13). The van der Waals surface area contributed by atoms with Crippen LogP contribution in [-0.2, 0) is 11.2 Å². The molecule has 1 heterocycles. The lowest BCUT2D eigenvalue weighted by molar-refractivity contribution is -0.136. The SMILES string of the molecule is O=C(O)Cc1cc(C2CCC2)n[nH]1. The molecule has 0 atom stereocenters. The number of carboxylic acids is 1. The normalized spacial score (nSPS) is 16.9. The Hall–Kier alpha value is -1.32. The van der Waals surface area contributed by atoms with Crippen molar-refractivity contribution in [3.63, 3.8) is 0 Å². The van der Waals surface area contributed by atoms with Crippen LogP contribution >= 0.6 is 0 Å². The number of nitrogens with one attached hydrogen (secondary N) is 1. The van der Waals surface area contributed by atoms with Gasteiger partial charge in [-0.3, -0.25) is 9.89 Å². The lowest BCUT2D eigenvalue weighted by atomic mass is 9.83. The van der Waals surface area contributed by atoms with Crippen LogP contribution in [0.25, 0.3) is 0 Å². The first-order chi connectivity index (χ1) is 6.25. The van der Waals surface area contributed by atoms with Gasteiger partial charge in [0, 0.05) is 11.6 Å². The second-order valence-electron chi connectivity index (χ2n) is 3.52. The van der Waals surface area contributed by atoms with Crippen molar-refractivity contribution >= 4 is 5.97 Å². The van der Waals surface area contributed by atoms with Crippen molar-refractivity contribution in [3.05, 3.63) is 17.5 Å².